The zero-order valence-electron chi connectivity index (χ0n) is 26.0. The van der Waals surface area contributed by atoms with Gasteiger partial charge in [0.05, 0.1) is 17.6 Å². The third kappa shape index (κ3) is 8.55. The number of H-pyrrole nitrogens is 1. The Kier molecular flexibility index (Phi) is 10.2. The lowest BCUT2D eigenvalue weighted by Crippen LogP contribution is -2.37. The Morgan fingerprint density at radius 1 is 1.20 bits per heavy atom. The highest BCUT2D eigenvalue weighted by Crippen LogP contribution is 2.27. The standard InChI is InChI=1S/C32H41FN6O5/c1-32(2,3)19-21-17-22(33)18-24-28(21)36-26(34-24)20-39-16-10-11-23(30(39)42)35-29(41)25(44-31(43)37(4)5)12-6-7-13-27(40)38-14-8-9-15-38/h7,10-11,13,16-18,25H,6,8-9,12,14-15,19-20H2,1-5H3,(H,34,36)(H,35,41)/b13-7+. The first-order valence-corrected chi connectivity index (χ1v) is 14.8. The number of hydrogen-bond acceptors (Lipinski definition) is 6. The molecular weight excluding hydrogens is 567 g/mol. The predicted molar refractivity (Wildman–Crippen MR) is 166 cm³/mol. The van der Waals surface area contributed by atoms with Crippen LogP contribution in [0, 0.1) is 11.2 Å². The van der Waals surface area contributed by atoms with Gasteiger partial charge in [0.2, 0.25) is 5.91 Å². The van der Waals surface area contributed by atoms with Crippen LogP contribution in [0.1, 0.15) is 57.8 Å². The van der Waals surface area contributed by atoms with Crippen LogP contribution in [-0.4, -0.2) is 75.5 Å². The first-order valence-electron chi connectivity index (χ1n) is 14.8. The highest BCUT2D eigenvalue weighted by Gasteiger charge is 2.25. The van der Waals surface area contributed by atoms with E-state index in [1.165, 1.54) is 47.8 Å². The zero-order chi connectivity index (χ0) is 32.0. The summed E-state index contributed by atoms with van der Waals surface area (Å²) in [4.78, 5) is 61.8. The van der Waals surface area contributed by atoms with Gasteiger partial charge in [-0.05, 0) is 73.4 Å². The first kappa shape index (κ1) is 32.4. The highest BCUT2D eigenvalue weighted by molar-refractivity contribution is 5.95. The number of imidazole rings is 1. The number of pyridine rings is 1. The number of likely N-dealkylation sites (tertiary alicyclic amines) is 1. The molecule has 1 aromatic carbocycles. The number of carbonyl (C=O) groups is 3. The second-order valence-corrected chi connectivity index (χ2v) is 12.5. The molecule has 3 aromatic rings. The van der Waals surface area contributed by atoms with E-state index in [-0.39, 0.29) is 35.8 Å². The number of allylic oxidation sites excluding steroid dienone is 1. The maximum absolute atomic E-state index is 14.3. The predicted octanol–water partition coefficient (Wildman–Crippen LogP) is 4.46. The molecule has 3 heterocycles. The van der Waals surface area contributed by atoms with Crippen molar-refractivity contribution in [2.45, 2.75) is 65.5 Å². The number of amides is 3. The fraction of sp³-hybridized carbons (Fsp3) is 0.469. The largest absolute Gasteiger partial charge is 0.436 e. The third-order valence-corrected chi connectivity index (χ3v) is 7.17. The Labute approximate surface area is 256 Å². The third-order valence-electron chi connectivity index (χ3n) is 7.17. The monoisotopic (exact) mass is 608 g/mol. The van der Waals surface area contributed by atoms with Crippen molar-refractivity contribution >= 4 is 34.6 Å². The smallest absolute Gasteiger partial charge is 0.410 e. The molecule has 1 aliphatic rings. The van der Waals surface area contributed by atoms with Gasteiger partial charge in [-0.15, -0.1) is 0 Å². The molecule has 44 heavy (non-hydrogen) atoms. The van der Waals surface area contributed by atoms with E-state index in [1.807, 2.05) is 0 Å². The van der Waals surface area contributed by atoms with E-state index in [0.29, 0.717) is 29.7 Å². The summed E-state index contributed by atoms with van der Waals surface area (Å²) in [5, 5.41) is 2.60. The van der Waals surface area contributed by atoms with Crippen molar-refractivity contribution in [2.24, 2.45) is 5.41 Å². The molecule has 0 saturated carbocycles. The van der Waals surface area contributed by atoms with Crippen molar-refractivity contribution < 1.29 is 23.5 Å². The van der Waals surface area contributed by atoms with Crippen LogP contribution in [0.15, 0.2) is 47.4 Å². The van der Waals surface area contributed by atoms with Gasteiger partial charge in [0, 0.05) is 33.4 Å². The molecule has 0 bridgehead atoms. The van der Waals surface area contributed by atoms with Gasteiger partial charge < -0.3 is 29.4 Å². The summed E-state index contributed by atoms with van der Waals surface area (Å²) in [5.41, 5.74) is 1.39. The van der Waals surface area contributed by atoms with Crippen LogP contribution in [0.4, 0.5) is 14.9 Å². The molecule has 0 radical (unpaired) electrons. The summed E-state index contributed by atoms with van der Waals surface area (Å²) >= 11 is 0. The first-order chi connectivity index (χ1) is 20.8. The normalized spacial score (nSPS) is 14.3. The molecule has 236 valence electrons. The van der Waals surface area contributed by atoms with Gasteiger partial charge in [0.25, 0.3) is 11.5 Å². The van der Waals surface area contributed by atoms with E-state index in [0.717, 1.165) is 31.5 Å². The maximum Gasteiger partial charge on any atom is 0.410 e. The minimum absolute atomic E-state index is 0.00117. The van der Waals surface area contributed by atoms with Crippen molar-refractivity contribution in [2.75, 3.05) is 32.5 Å². The van der Waals surface area contributed by atoms with Gasteiger partial charge in [-0.3, -0.25) is 14.4 Å². The molecule has 1 aliphatic heterocycles. The summed E-state index contributed by atoms with van der Waals surface area (Å²) in [6, 6.07) is 5.94. The van der Waals surface area contributed by atoms with Crippen molar-refractivity contribution in [1.82, 2.24) is 24.3 Å². The summed E-state index contributed by atoms with van der Waals surface area (Å²) < 4.78 is 21.1. The number of hydrogen-bond donors (Lipinski definition) is 2. The molecule has 1 fully saturated rings. The molecule has 12 heteroatoms. The molecular formula is C32H41FN6O5. The van der Waals surface area contributed by atoms with E-state index in [9.17, 15) is 23.6 Å². The topological polar surface area (TPSA) is 130 Å². The van der Waals surface area contributed by atoms with Gasteiger partial charge in [-0.2, -0.15) is 0 Å². The molecule has 1 unspecified atom stereocenters. The second kappa shape index (κ2) is 13.9. The summed E-state index contributed by atoms with van der Waals surface area (Å²) in [5.74, 6) is -0.662. The van der Waals surface area contributed by atoms with Gasteiger partial charge in [-0.1, -0.05) is 26.8 Å². The number of nitrogens with zero attached hydrogens (tertiary/aromatic N) is 4. The van der Waals surface area contributed by atoms with E-state index < -0.39 is 23.7 Å². The molecule has 4 rings (SSSR count). The highest BCUT2D eigenvalue weighted by atomic mass is 19.1. The van der Waals surface area contributed by atoms with Gasteiger partial charge in [0.1, 0.15) is 17.3 Å². The number of anilines is 1. The van der Waals surface area contributed by atoms with Crippen molar-refractivity contribution in [3.63, 3.8) is 0 Å². The minimum atomic E-state index is -1.20. The Morgan fingerprint density at radius 3 is 2.61 bits per heavy atom. The quantitative estimate of drug-likeness (QED) is 0.327. The van der Waals surface area contributed by atoms with E-state index >= 15 is 0 Å². The fourth-order valence-corrected chi connectivity index (χ4v) is 5.06. The van der Waals surface area contributed by atoms with Crippen molar-refractivity contribution in [1.29, 1.82) is 0 Å². The van der Waals surface area contributed by atoms with E-state index in [4.69, 9.17) is 4.74 Å². The van der Waals surface area contributed by atoms with Crippen LogP contribution >= 0.6 is 0 Å². The molecule has 0 spiro atoms. The molecule has 2 N–H and O–H groups in total. The van der Waals surface area contributed by atoms with Crippen LogP contribution in [0.5, 0.6) is 0 Å². The number of aromatic amines is 1. The fourth-order valence-electron chi connectivity index (χ4n) is 5.06. The molecule has 3 amide bonds. The van der Waals surface area contributed by atoms with Crippen LogP contribution in [0.2, 0.25) is 0 Å². The Bertz CT molecular complexity index is 1600. The summed E-state index contributed by atoms with van der Waals surface area (Å²) in [6.07, 6.45) is 5.81. The van der Waals surface area contributed by atoms with Gasteiger partial charge in [-0.25, -0.2) is 14.2 Å². The number of rotatable bonds is 10. The molecule has 1 saturated heterocycles. The minimum Gasteiger partial charge on any atom is -0.436 e. The summed E-state index contributed by atoms with van der Waals surface area (Å²) in [6.45, 7) is 7.72. The lowest BCUT2D eigenvalue weighted by Gasteiger charge is -2.19. The van der Waals surface area contributed by atoms with Gasteiger partial charge >= 0.3 is 6.09 Å². The summed E-state index contributed by atoms with van der Waals surface area (Å²) in [7, 11) is 3.00. The van der Waals surface area contributed by atoms with Crippen LogP contribution in [-0.2, 0) is 27.3 Å². The van der Waals surface area contributed by atoms with E-state index in [2.05, 4.69) is 36.1 Å². The number of ether oxygens (including phenoxy) is 1. The number of benzene rings is 1. The molecule has 1 atom stereocenters. The van der Waals surface area contributed by atoms with Crippen molar-refractivity contribution in [3.05, 3.63) is 70.2 Å². The van der Waals surface area contributed by atoms with Crippen molar-refractivity contribution in [3.8, 4) is 0 Å². The lowest BCUT2D eigenvalue weighted by atomic mass is 9.87. The number of halogens is 1. The zero-order valence-corrected chi connectivity index (χ0v) is 26.0. The van der Waals surface area contributed by atoms with Crippen LogP contribution in [0.25, 0.3) is 11.0 Å². The van der Waals surface area contributed by atoms with E-state index in [1.54, 1.807) is 23.2 Å². The molecule has 0 aliphatic carbocycles. The van der Waals surface area contributed by atoms with Gasteiger partial charge in [0.15, 0.2) is 6.10 Å². The Morgan fingerprint density at radius 2 is 1.93 bits per heavy atom. The number of nitrogens with one attached hydrogen (secondary N) is 2. The average molecular weight is 609 g/mol. The molecule has 2 aromatic heterocycles. The molecule has 11 nitrogen and oxygen atoms in total. The van der Waals surface area contributed by atoms with Crippen LogP contribution in [0.3, 0.4) is 0 Å². The SMILES string of the molecule is CN(C)C(=O)OC(CC/C=C/C(=O)N1CCCC1)C(=O)Nc1cccn(Cc2nc3c(CC(C)(C)C)cc(F)cc3[nH]2)c1=O. The average Bonchev–Trinajstić information content (AvgIpc) is 3.62. The number of aromatic nitrogens is 3. The lowest BCUT2D eigenvalue weighted by molar-refractivity contribution is -0.125. The Balaban J connectivity index is 1.48. The maximum atomic E-state index is 14.3. The van der Waals surface area contributed by atoms with Crippen LogP contribution < -0.4 is 10.9 Å². The number of carbonyl (C=O) groups excluding carboxylic acids is 3. The second-order valence-electron chi connectivity index (χ2n) is 12.5. The number of fused-ring (bicyclic) bond motifs is 1. The Hall–Kier alpha value is -4.48.